The van der Waals surface area contributed by atoms with Crippen molar-refractivity contribution < 1.29 is 32.7 Å². The number of unbranched alkanes of at least 4 members (excludes halogenated alkanes) is 4. The van der Waals surface area contributed by atoms with Crippen molar-refractivity contribution in [2.45, 2.75) is 65.2 Å². The van der Waals surface area contributed by atoms with Gasteiger partial charge in [-0.1, -0.05) is 107 Å². The van der Waals surface area contributed by atoms with Crippen molar-refractivity contribution in [2.24, 2.45) is 0 Å². The van der Waals surface area contributed by atoms with Crippen LogP contribution in [-0.4, -0.2) is 0 Å². The van der Waals surface area contributed by atoms with E-state index in [0.717, 1.165) is 12.8 Å². The second-order valence-corrected chi connectivity index (χ2v) is 5.53. The van der Waals surface area contributed by atoms with Gasteiger partial charge in [0.1, 0.15) is 0 Å². The quantitative estimate of drug-likeness (QED) is 0.167. The molecule has 0 saturated heterocycles. The summed E-state index contributed by atoms with van der Waals surface area (Å²) in [7, 11) is 0. The second-order valence-electron chi connectivity index (χ2n) is 4.62. The van der Waals surface area contributed by atoms with E-state index in [1.807, 2.05) is 9.97 Å². The molecule has 0 saturated carbocycles. The first-order valence-corrected chi connectivity index (χ1v) is 9.21. The van der Waals surface area contributed by atoms with Crippen molar-refractivity contribution in [1.29, 1.82) is 0 Å². The van der Waals surface area contributed by atoms with E-state index in [9.17, 15) is 0 Å². The maximum absolute atomic E-state index is 5.34. The topological polar surface area (TPSA) is 0 Å². The minimum atomic E-state index is 0. The van der Waals surface area contributed by atoms with Crippen molar-refractivity contribution in [3.8, 4) is 0 Å². The zero-order valence-corrected chi connectivity index (χ0v) is 19.5. The molecule has 0 fully saturated rings. The Labute approximate surface area is 174 Å². The molecule has 0 amide bonds. The summed E-state index contributed by atoms with van der Waals surface area (Å²) < 4.78 is 0. The van der Waals surface area contributed by atoms with E-state index in [4.69, 9.17) is 13.2 Å². The Bertz CT molecular complexity index is 264. The first kappa shape index (κ1) is 26.9. The molecule has 0 nitrogen and oxygen atoms in total. The van der Waals surface area contributed by atoms with Gasteiger partial charge in [0.05, 0.1) is 0 Å². The van der Waals surface area contributed by atoms with E-state index < -0.39 is 0 Å². The number of rotatable bonds is 10. The van der Waals surface area contributed by atoms with Crippen LogP contribution in [0, 0.1) is 13.2 Å². The molecule has 0 aliphatic carbocycles. The Morgan fingerprint density at radius 3 is 1.29 bits per heavy atom. The van der Waals surface area contributed by atoms with E-state index in [1.54, 1.807) is 12.2 Å². The van der Waals surface area contributed by atoms with Crippen LogP contribution >= 0.6 is 31.9 Å². The molecular weight excluding hydrogens is 465 g/mol. The third-order valence-corrected chi connectivity index (χ3v) is 4.02. The molecule has 21 heavy (non-hydrogen) atoms. The SMILES string of the molecule is [CH-]=C/C(=C\Br)CCCCC.[CH-]=C/C(=C\Br)CCCCC.[Y]. The number of hydrogen-bond donors (Lipinski definition) is 0. The fourth-order valence-electron chi connectivity index (χ4n) is 1.51. The van der Waals surface area contributed by atoms with Gasteiger partial charge < -0.3 is 0 Å². The van der Waals surface area contributed by atoms with Crippen molar-refractivity contribution in [1.82, 2.24) is 0 Å². The van der Waals surface area contributed by atoms with Gasteiger partial charge in [-0.3, -0.25) is 13.2 Å². The maximum Gasteiger partial charge on any atom is 0 e. The first-order valence-electron chi connectivity index (χ1n) is 7.38. The zero-order valence-electron chi connectivity index (χ0n) is 13.5. The molecule has 0 aliphatic heterocycles. The van der Waals surface area contributed by atoms with Gasteiger partial charge in [0, 0.05) is 32.7 Å². The van der Waals surface area contributed by atoms with Crippen LogP contribution in [-0.2, 0) is 32.7 Å². The average Bonchev–Trinajstić information content (AvgIpc) is 2.49. The molecule has 0 aromatic carbocycles. The van der Waals surface area contributed by atoms with Gasteiger partial charge in [-0.15, -0.1) is 0 Å². The van der Waals surface area contributed by atoms with Gasteiger partial charge in [0.25, 0.3) is 0 Å². The van der Waals surface area contributed by atoms with Gasteiger partial charge in [0.15, 0.2) is 0 Å². The summed E-state index contributed by atoms with van der Waals surface area (Å²) in [6.45, 7) is 15.1. The van der Waals surface area contributed by atoms with Crippen LogP contribution in [0.25, 0.3) is 0 Å². The third-order valence-electron chi connectivity index (χ3n) is 2.85. The van der Waals surface area contributed by atoms with Crippen LogP contribution in [0.3, 0.4) is 0 Å². The molecule has 3 heteroatoms. The molecule has 0 aliphatic rings. The molecule has 0 aromatic heterocycles. The monoisotopic (exact) mass is 491 g/mol. The van der Waals surface area contributed by atoms with Gasteiger partial charge in [-0.25, -0.2) is 12.2 Å². The third kappa shape index (κ3) is 21.0. The van der Waals surface area contributed by atoms with Crippen LogP contribution in [0.2, 0.25) is 0 Å². The van der Waals surface area contributed by atoms with Crippen LogP contribution in [0.5, 0.6) is 0 Å². The minimum absolute atomic E-state index is 0. The average molecular weight is 493 g/mol. The zero-order chi connectivity index (χ0) is 15.6. The summed E-state index contributed by atoms with van der Waals surface area (Å²) in [6, 6.07) is 0. The van der Waals surface area contributed by atoms with Crippen LogP contribution in [0.4, 0.5) is 0 Å². The predicted octanol–water partition coefficient (Wildman–Crippen LogP) is 7.67. The van der Waals surface area contributed by atoms with Crippen molar-refractivity contribution in [3.05, 3.63) is 46.4 Å². The van der Waals surface area contributed by atoms with Gasteiger partial charge in [0.2, 0.25) is 0 Å². The number of hydrogen-bond acceptors (Lipinski definition) is 0. The Kier molecular flexibility index (Phi) is 29.8. The fourth-order valence-corrected chi connectivity index (χ4v) is 2.27. The van der Waals surface area contributed by atoms with Gasteiger partial charge >= 0.3 is 0 Å². The van der Waals surface area contributed by atoms with Crippen molar-refractivity contribution >= 4 is 31.9 Å². The fraction of sp³-hybridized carbons (Fsp3) is 0.556. The second kappa shape index (κ2) is 23.3. The minimum Gasteiger partial charge on any atom is -0.293 e. The molecule has 0 atom stereocenters. The summed E-state index contributed by atoms with van der Waals surface area (Å²) in [4.78, 5) is 3.78. The molecule has 0 spiro atoms. The van der Waals surface area contributed by atoms with E-state index in [2.05, 4.69) is 45.7 Å². The van der Waals surface area contributed by atoms with Gasteiger partial charge in [-0.2, -0.15) is 11.1 Å². The molecule has 1 radical (unpaired) electrons. The predicted molar refractivity (Wildman–Crippen MR) is 100 cm³/mol. The van der Waals surface area contributed by atoms with Gasteiger partial charge in [-0.05, 0) is 0 Å². The normalized spacial score (nSPS) is 11.0. The molecule has 0 aromatic rings. The summed E-state index contributed by atoms with van der Waals surface area (Å²) in [5, 5.41) is 0. The molecule has 0 heterocycles. The largest absolute Gasteiger partial charge is 0.293 e. The van der Waals surface area contributed by atoms with Crippen LogP contribution in [0.1, 0.15) is 65.2 Å². The Hall–Kier alpha value is 1.02. The van der Waals surface area contributed by atoms with E-state index in [-0.39, 0.29) is 32.7 Å². The number of halogens is 2. The molecule has 0 N–H and O–H groups in total. The smallest absolute Gasteiger partial charge is 0 e. The Balaban J connectivity index is -0.000000295. The van der Waals surface area contributed by atoms with E-state index >= 15 is 0 Å². The molecule has 119 valence electrons. The van der Waals surface area contributed by atoms with Crippen molar-refractivity contribution in [3.63, 3.8) is 0 Å². The standard InChI is InChI=1S/2C9H14Br.Y/c2*1-3-5-6-7-9(4-2)8-10;/h2*2,4,8H,3,5-7H2,1H3;/q2*-1;/b2*9-8+;. The molecule has 0 bridgehead atoms. The van der Waals surface area contributed by atoms with Crippen molar-refractivity contribution in [2.75, 3.05) is 0 Å². The summed E-state index contributed by atoms with van der Waals surface area (Å²) in [5.74, 6) is 0. The molecule has 0 unspecified atom stereocenters. The number of allylic oxidation sites excluding steroid dienone is 4. The first-order chi connectivity index (χ1) is 9.69. The molecular formula is C18H28Br2Y-2. The van der Waals surface area contributed by atoms with Crippen LogP contribution < -0.4 is 0 Å². The van der Waals surface area contributed by atoms with Crippen LogP contribution in [0.15, 0.2) is 33.3 Å². The Morgan fingerprint density at radius 1 is 0.762 bits per heavy atom. The summed E-state index contributed by atoms with van der Waals surface area (Å²) >= 11 is 6.51. The summed E-state index contributed by atoms with van der Waals surface area (Å²) in [6.07, 6.45) is 13.1. The maximum atomic E-state index is 5.34. The van der Waals surface area contributed by atoms with E-state index in [0.29, 0.717) is 0 Å². The summed E-state index contributed by atoms with van der Waals surface area (Å²) in [5.41, 5.74) is 2.38. The van der Waals surface area contributed by atoms with E-state index in [1.165, 1.54) is 49.7 Å². The Morgan fingerprint density at radius 2 is 1.10 bits per heavy atom. The molecule has 0 rings (SSSR count).